The number of sulfone groups is 1. The lowest BCUT2D eigenvalue weighted by Crippen LogP contribution is -2.17. The summed E-state index contributed by atoms with van der Waals surface area (Å²) in [5, 5.41) is 13.9. The number of hydrogen-bond donors (Lipinski definition) is 1. The molecule has 0 fully saturated rings. The van der Waals surface area contributed by atoms with E-state index in [1.807, 2.05) is 6.92 Å². The molecule has 1 N–H and O–H groups in total. The second-order valence-corrected chi connectivity index (χ2v) is 6.38. The van der Waals surface area contributed by atoms with Crippen molar-refractivity contribution in [2.75, 3.05) is 11.6 Å². The molecule has 20 heavy (non-hydrogen) atoms. The van der Waals surface area contributed by atoms with Crippen LogP contribution in [0, 0.1) is 22.5 Å². The van der Waals surface area contributed by atoms with E-state index in [0.29, 0.717) is 6.42 Å². The van der Waals surface area contributed by atoms with Gasteiger partial charge in [-0.15, -0.1) is 6.42 Å². The molecular weight excluding hydrogens is 280 g/mol. The van der Waals surface area contributed by atoms with Crippen molar-refractivity contribution in [2.24, 2.45) is 0 Å². The average molecular weight is 296 g/mol. The van der Waals surface area contributed by atoms with Crippen molar-refractivity contribution in [1.29, 1.82) is 0 Å². The zero-order valence-corrected chi connectivity index (χ0v) is 12.1. The number of nitrogens with one attached hydrogen (secondary N) is 1. The molecule has 0 saturated heterocycles. The van der Waals surface area contributed by atoms with Gasteiger partial charge < -0.3 is 5.32 Å². The summed E-state index contributed by atoms with van der Waals surface area (Å²) in [6.45, 7) is 1.95. The molecule has 0 amide bonds. The molecule has 0 radical (unpaired) electrons. The van der Waals surface area contributed by atoms with Crippen LogP contribution in [0.5, 0.6) is 0 Å². The number of hydrogen-bond acceptors (Lipinski definition) is 5. The predicted molar refractivity (Wildman–Crippen MR) is 77.4 cm³/mol. The first-order chi connectivity index (χ1) is 9.29. The molecular formula is C13H16N2O4S. The Labute approximate surface area is 118 Å². The van der Waals surface area contributed by atoms with Gasteiger partial charge in [-0.1, -0.05) is 19.3 Å². The first kappa shape index (κ1) is 16.0. The Balaban J connectivity index is 3.21. The molecule has 1 unspecified atom stereocenters. The topological polar surface area (TPSA) is 89.3 Å². The molecule has 1 atom stereocenters. The smallest absolute Gasteiger partial charge is 0.293 e. The van der Waals surface area contributed by atoms with Gasteiger partial charge in [-0.2, -0.15) is 0 Å². The third kappa shape index (κ3) is 3.96. The first-order valence-corrected chi connectivity index (χ1v) is 7.90. The minimum atomic E-state index is -3.49. The highest BCUT2D eigenvalue weighted by Crippen LogP contribution is 2.28. The third-order valence-electron chi connectivity index (χ3n) is 2.70. The number of terminal acetylenes is 1. The van der Waals surface area contributed by atoms with Gasteiger partial charge in [0.15, 0.2) is 9.84 Å². The van der Waals surface area contributed by atoms with Crippen LogP contribution in [0.25, 0.3) is 0 Å². The van der Waals surface area contributed by atoms with Crippen LogP contribution in [0.1, 0.15) is 19.8 Å². The Bertz CT molecular complexity index is 647. The standard InChI is InChI=1S/C13H16N2O4S/c1-4-6-10(5-2)14-12-8-7-11(20(3,18)19)9-13(12)15(16)17/h2,7-10,14H,4,6H2,1,3H3. The van der Waals surface area contributed by atoms with Crippen LogP contribution in [0.15, 0.2) is 23.1 Å². The van der Waals surface area contributed by atoms with Crippen molar-refractivity contribution in [3.63, 3.8) is 0 Å². The molecule has 0 saturated carbocycles. The van der Waals surface area contributed by atoms with Crippen molar-refractivity contribution >= 4 is 21.2 Å². The Hall–Kier alpha value is -2.07. The lowest BCUT2D eigenvalue weighted by Gasteiger charge is -2.14. The SMILES string of the molecule is C#CC(CCC)Nc1ccc(S(C)(=O)=O)cc1[N+](=O)[O-]. The van der Waals surface area contributed by atoms with E-state index in [1.54, 1.807) is 0 Å². The van der Waals surface area contributed by atoms with E-state index in [-0.39, 0.29) is 22.3 Å². The van der Waals surface area contributed by atoms with E-state index in [9.17, 15) is 18.5 Å². The van der Waals surface area contributed by atoms with Crippen molar-refractivity contribution in [2.45, 2.75) is 30.7 Å². The number of rotatable bonds is 6. The van der Waals surface area contributed by atoms with E-state index in [4.69, 9.17) is 6.42 Å². The normalized spacial score (nSPS) is 12.4. The van der Waals surface area contributed by atoms with Crippen molar-refractivity contribution in [3.8, 4) is 12.3 Å². The predicted octanol–water partition coefficient (Wildman–Crippen LogP) is 2.21. The maximum absolute atomic E-state index is 11.4. The molecule has 0 heterocycles. The highest BCUT2D eigenvalue weighted by molar-refractivity contribution is 7.90. The minimum Gasteiger partial charge on any atom is -0.366 e. The fraction of sp³-hybridized carbons (Fsp3) is 0.385. The number of nitro benzene ring substituents is 1. The summed E-state index contributed by atoms with van der Waals surface area (Å²) in [6, 6.07) is 3.40. The highest BCUT2D eigenvalue weighted by atomic mass is 32.2. The van der Waals surface area contributed by atoms with Crippen molar-refractivity contribution in [1.82, 2.24) is 0 Å². The van der Waals surface area contributed by atoms with E-state index in [2.05, 4.69) is 11.2 Å². The molecule has 7 heteroatoms. The quantitative estimate of drug-likeness (QED) is 0.494. The average Bonchev–Trinajstić information content (AvgIpc) is 2.36. The Morgan fingerprint density at radius 3 is 2.60 bits per heavy atom. The lowest BCUT2D eigenvalue weighted by atomic mass is 10.1. The van der Waals surface area contributed by atoms with E-state index < -0.39 is 14.8 Å². The maximum atomic E-state index is 11.4. The van der Waals surface area contributed by atoms with Gasteiger partial charge in [-0.25, -0.2) is 8.42 Å². The first-order valence-electron chi connectivity index (χ1n) is 6.00. The summed E-state index contributed by atoms with van der Waals surface area (Å²) >= 11 is 0. The van der Waals surface area contributed by atoms with Gasteiger partial charge in [0.05, 0.1) is 15.9 Å². The molecule has 1 rings (SSSR count). The van der Waals surface area contributed by atoms with Crippen LogP contribution in [0.2, 0.25) is 0 Å². The van der Waals surface area contributed by atoms with Crippen molar-refractivity contribution in [3.05, 3.63) is 28.3 Å². The lowest BCUT2D eigenvalue weighted by molar-refractivity contribution is -0.384. The molecule has 108 valence electrons. The number of nitro groups is 1. The van der Waals surface area contributed by atoms with Gasteiger partial charge in [-0.3, -0.25) is 10.1 Å². The molecule has 1 aromatic carbocycles. The molecule has 0 aliphatic heterocycles. The summed E-state index contributed by atoms with van der Waals surface area (Å²) in [4.78, 5) is 10.3. The fourth-order valence-corrected chi connectivity index (χ4v) is 2.33. The molecule has 0 aliphatic carbocycles. The molecule has 0 spiro atoms. The summed E-state index contributed by atoms with van der Waals surface area (Å²) in [6.07, 6.45) is 7.85. The zero-order chi connectivity index (χ0) is 15.3. The van der Waals surface area contributed by atoms with Crippen LogP contribution in [0.3, 0.4) is 0 Å². The van der Waals surface area contributed by atoms with Crippen molar-refractivity contribution < 1.29 is 13.3 Å². The van der Waals surface area contributed by atoms with Gasteiger partial charge in [-0.05, 0) is 18.6 Å². The Kier molecular flexibility index (Phi) is 5.11. The summed E-state index contributed by atoms with van der Waals surface area (Å²) < 4.78 is 22.8. The minimum absolute atomic E-state index is 0.0949. The van der Waals surface area contributed by atoms with Crippen LogP contribution < -0.4 is 5.32 Å². The number of benzene rings is 1. The van der Waals surface area contributed by atoms with E-state index in [0.717, 1.165) is 18.7 Å². The monoisotopic (exact) mass is 296 g/mol. The number of anilines is 1. The summed E-state index contributed by atoms with van der Waals surface area (Å²) in [7, 11) is -3.49. The summed E-state index contributed by atoms with van der Waals surface area (Å²) in [5.41, 5.74) is -0.0805. The van der Waals surface area contributed by atoms with Crippen LogP contribution in [-0.4, -0.2) is 25.6 Å². The van der Waals surface area contributed by atoms with Gasteiger partial charge in [0.25, 0.3) is 5.69 Å². The van der Waals surface area contributed by atoms with Gasteiger partial charge >= 0.3 is 0 Å². The van der Waals surface area contributed by atoms with Crippen LogP contribution >= 0.6 is 0 Å². The molecule has 0 aromatic heterocycles. The Morgan fingerprint density at radius 1 is 1.50 bits per heavy atom. The van der Waals surface area contributed by atoms with Crippen LogP contribution in [0.4, 0.5) is 11.4 Å². The van der Waals surface area contributed by atoms with Gasteiger partial charge in [0, 0.05) is 12.3 Å². The van der Waals surface area contributed by atoms with E-state index in [1.165, 1.54) is 12.1 Å². The maximum Gasteiger partial charge on any atom is 0.293 e. The largest absolute Gasteiger partial charge is 0.366 e. The number of nitrogens with zero attached hydrogens (tertiary/aromatic N) is 1. The van der Waals surface area contributed by atoms with Crippen LogP contribution in [-0.2, 0) is 9.84 Å². The molecule has 0 aliphatic rings. The second kappa shape index (κ2) is 6.39. The summed E-state index contributed by atoms with van der Waals surface area (Å²) in [5.74, 6) is 2.51. The fourth-order valence-electron chi connectivity index (χ4n) is 1.69. The highest BCUT2D eigenvalue weighted by Gasteiger charge is 2.20. The third-order valence-corrected chi connectivity index (χ3v) is 3.81. The Morgan fingerprint density at radius 2 is 2.15 bits per heavy atom. The molecule has 6 nitrogen and oxygen atoms in total. The van der Waals surface area contributed by atoms with Gasteiger partial charge in [0.2, 0.25) is 0 Å². The zero-order valence-electron chi connectivity index (χ0n) is 11.3. The second-order valence-electron chi connectivity index (χ2n) is 4.36. The van der Waals surface area contributed by atoms with E-state index >= 15 is 0 Å². The molecule has 0 bridgehead atoms. The molecule has 1 aromatic rings. The van der Waals surface area contributed by atoms with Gasteiger partial charge in [0.1, 0.15) is 5.69 Å².